The normalized spacial score (nSPS) is 12.6. The van der Waals surface area contributed by atoms with E-state index in [-0.39, 0.29) is 9.83 Å². The molecule has 0 bridgehead atoms. The number of nitrogens with one attached hydrogen (secondary N) is 1. The van der Waals surface area contributed by atoms with Crippen LogP contribution in [0.4, 0.5) is 0 Å². The SMILES string of the molecule is CCCCCNC(=O)C(C)I. The van der Waals surface area contributed by atoms with E-state index < -0.39 is 0 Å². The lowest BCUT2D eigenvalue weighted by atomic mass is 10.2. The van der Waals surface area contributed by atoms with Gasteiger partial charge in [-0.15, -0.1) is 0 Å². The summed E-state index contributed by atoms with van der Waals surface area (Å²) in [6, 6.07) is 0. The lowest BCUT2D eigenvalue weighted by Crippen LogP contribution is -2.29. The number of carbonyl (C=O) groups is 1. The van der Waals surface area contributed by atoms with Crippen molar-refractivity contribution in [1.82, 2.24) is 5.32 Å². The van der Waals surface area contributed by atoms with E-state index in [9.17, 15) is 4.79 Å². The molecule has 0 spiro atoms. The number of halogens is 1. The summed E-state index contributed by atoms with van der Waals surface area (Å²) in [4.78, 5) is 11.0. The van der Waals surface area contributed by atoms with Crippen LogP contribution in [0.5, 0.6) is 0 Å². The van der Waals surface area contributed by atoms with Crippen molar-refractivity contribution in [2.24, 2.45) is 0 Å². The highest BCUT2D eigenvalue weighted by molar-refractivity contribution is 14.1. The first kappa shape index (κ1) is 11.2. The molecule has 66 valence electrons. The fourth-order valence-corrected chi connectivity index (χ4v) is 0.947. The van der Waals surface area contributed by atoms with Gasteiger partial charge in [-0.3, -0.25) is 4.79 Å². The van der Waals surface area contributed by atoms with Gasteiger partial charge >= 0.3 is 0 Å². The second-order valence-corrected chi connectivity index (χ2v) is 4.48. The average molecular weight is 269 g/mol. The highest BCUT2D eigenvalue weighted by Gasteiger charge is 2.05. The van der Waals surface area contributed by atoms with Gasteiger partial charge in [0.15, 0.2) is 0 Å². The predicted molar refractivity (Wildman–Crippen MR) is 56.0 cm³/mol. The van der Waals surface area contributed by atoms with Crippen LogP contribution in [0.3, 0.4) is 0 Å². The summed E-state index contributed by atoms with van der Waals surface area (Å²) >= 11 is 2.12. The van der Waals surface area contributed by atoms with Crippen LogP contribution >= 0.6 is 22.6 Å². The fourth-order valence-electron chi connectivity index (χ4n) is 0.727. The third-order valence-corrected chi connectivity index (χ3v) is 2.01. The van der Waals surface area contributed by atoms with Crippen LogP contribution in [0.25, 0.3) is 0 Å². The van der Waals surface area contributed by atoms with Crippen molar-refractivity contribution in [3.63, 3.8) is 0 Å². The molecule has 0 aliphatic rings. The lowest BCUT2D eigenvalue weighted by Gasteiger charge is -2.05. The summed E-state index contributed by atoms with van der Waals surface area (Å²) in [5.41, 5.74) is 0. The summed E-state index contributed by atoms with van der Waals surface area (Å²) in [7, 11) is 0. The van der Waals surface area contributed by atoms with Crippen LogP contribution in [-0.2, 0) is 4.79 Å². The monoisotopic (exact) mass is 269 g/mol. The zero-order valence-corrected chi connectivity index (χ0v) is 9.35. The Labute approximate surface area is 82.3 Å². The molecule has 0 aromatic carbocycles. The maximum Gasteiger partial charge on any atom is 0.232 e. The molecular weight excluding hydrogens is 253 g/mol. The van der Waals surface area contributed by atoms with Gasteiger partial charge in [0.2, 0.25) is 5.91 Å². The molecule has 0 aliphatic heterocycles. The van der Waals surface area contributed by atoms with E-state index in [1.54, 1.807) is 0 Å². The Kier molecular flexibility index (Phi) is 7.01. The highest BCUT2D eigenvalue weighted by atomic mass is 127. The number of hydrogen-bond acceptors (Lipinski definition) is 1. The Hall–Kier alpha value is 0.200. The van der Waals surface area contributed by atoms with Crippen molar-refractivity contribution in [2.45, 2.75) is 37.0 Å². The number of rotatable bonds is 5. The molecule has 1 amide bonds. The van der Waals surface area contributed by atoms with Crippen molar-refractivity contribution in [3.8, 4) is 0 Å². The summed E-state index contributed by atoms with van der Waals surface area (Å²) in [5.74, 6) is 0.154. The number of hydrogen-bond donors (Lipinski definition) is 1. The highest BCUT2D eigenvalue weighted by Crippen LogP contribution is 1.98. The molecule has 1 atom stereocenters. The third-order valence-electron chi connectivity index (χ3n) is 1.44. The zero-order valence-electron chi connectivity index (χ0n) is 7.19. The van der Waals surface area contributed by atoms with E-state index in [4.69, 9.17) is 0 Å². The molecule has 1 N–H and O–H groups in total. The summed E-state index contributed by atoms with van der Waals surface area (Å²) < 4.78 is 0.0919. The van der Waals surface area contributed by atoms with Gasteiger partial charge in [-0.05, 0) is 13.3 Å². The Morgan fingerprint density at radius 2 is 2.18 bits per heavy atom. The first-order valence-corrected chi connectivity index (χ1v) is 5.34. The van der Waals surface area contributed by atoms with Crippen molar-refractivity contribution in [2.75, 3.05) is 6.54 Å². The minimum atomic E-state index is 0.0919. The Morgan fingerprint density at radius 3 is 2.64 bits per heavy atom. The van der Waals surface area contributed by atoms with E-state index in [0.717, 1.165) is 13.0 Å². The lowest BCUT2D eigenvalue weighted by molar-refractivity contribution is -0.119. The van der Waals surface area contributed by atoms with E-state index in [2.05, 4.69) is 34.8 Å². The molecule has 2 nitrogen and oxygen atoms in total. The van der Waals surface area contributed by atoms with Gasteiger partial charge in [0, 0.05) is 6.54 Å². The molecule has 0 fully saturated rings. The van der Waals surface area contributed by atoms with Crippen LogP contribution in [0, 0.1) is 0 Å². The number of alkyl halides is 1. The van der Waals surface area contributed by atoms with Gasteiger partial charge < -0.3 is 5.32 Å². The van der Waals surface area contributed by atoms with E-state index >= 15 is 0 Å². The van der Waals surface area contributed by atoms with Gasteiger partial charge in [-0.1, -0.05) is 42.4 Å². The predicted octanol–water partition coefficient (Wildman–Crippen LogP) is 2.12. The maximum atomic E-state index is 11.0. The summed E-state index contributed by atoms with van der Waals surface area (Å²) in [6.07, 6.45) is 3.51. The Morgan fingerprint density at radius 1 is 1.55 bits per heavy atom. The molecule has 3 heteroatoms. The minimum Gasteiger partial charge on any atom is -0.355 e. The van der Waals surface area contributed by atoms with Crippen molar-refractivity contribution >= 4 is 28.5 Å². The minimum absolute atomic E-state index is 0.0919. The Bertz CT molecular complexity index is 115. The van der Waals surface area contributed by atoms with Gasteiger partial charge in [0.25, 0.3) is 0 Å². The molecule has 0 saturated carbocycles. The number of unbranched alkanes of at least 4 members (excludes halogenated alkanes) is 2. The van der Waals surface area contributed by atoms with Gasteiger partial charge in [-0.25, -0.2) is 0 Å². The van der Waals surface area contributed by atoms with Crippen molar-refractivity contribution in [3.05, 3.63) is 0 Å². The van der Waals surface area contributed by atoms with Crippen molar-refractivity contribution in [1.29, 1.82) is 0 Å². The molecule has 0 aromatic heterocycles. The van der Waals surface area contributed by atoms with Crippen LogP contribution in [0.15, 0.2) is 0 Å². The molecule has 0 rings (SSSR count). The molecular formula is C8H16INO. The van der Waals surface area contributed by atoms with E-state index in [1.165, 1.54) is 12.8 Å². The third kappa shape index (κ3) is 6.59. The topological polar surface area (TPSA) is 29.1 Å². The molecule has 0 aromatic rings. The maximum absolute atomic E-state index is 11.0. The van der Waals surface area contributed by atoms with Crippen LogP contribution in [0.2, 0.25) is 0 Å². The van der Waals surface area contributed by atoms with Crippen molar-refractivity contribution < 1.29 is 4.79 Å². The van der Waals surface area contributed by atoms with E-state index in [0.29, 0.717) is 0 Å². The molecule has 0 aliphatic carbocycles. The van der Waals surface area contributed by atoms with Crippen LogP contribution in [0.1, 0.15) is 33.1 Å². The molecule has 0 radical (unpaired) electrons. The first-order valence-electron chi connectivity index (χ1n) is 4.10. The molecule has 11 heavy (non-hydrogen) atoms. The number of amides is 1. The molecule has 1 unspecified atom stereocenters. The number of carbonyl (C=O) groups excluding carboxylic acids is 1. The zero-order chi connectivity index (χ0) is 8.69. The van der Waals surface area contributed by atoms with Crippen LogP contribution in [-0.4, -0.2) is 16.4 Å². The van der Waals surface area contributed by atoms with Gasteiger partial charge in [0.05, 0.1) is 3.92 Å². The average Bonchev–Trinajstić information content (AvgIpc) is 1.97. The largest absolute Gasteiger partial charge is 0.355 e. The second kappa shape index (κ2) is 6.88. The Balaban J connectivity index is 3.18. The molecule has 0 saturated heterocycles. The molecule has 0 heterocycles. The summed E-state index contributed by atoms with van der Waals surface area (Å²) in [5, 5.41) is 2.87. The van der Waals surface area contributed by atoms with Crippen LogP contribution < -0.4 is 5.32 Å². The van der Waals surface area contributed by atoms with E-state index in [1.807, 2.05) is 6.92 Å². The standard InChI is InChI=1S/C8H16INO/c1-3-4-5-6-10-8(11)7(2)9/h7H,3-6H2,1-2H3,(H,10,11). The quantitative estimate of drug-likeness (QED) is 0.462. The van der Waals surface area contributed by atoms with Gasteiger partial charge in [-0.2, -0.15) is 0 Å². The summed E-state index contributed by atoms with van der Waals surface area (Å²) in [6.45, 7) is 4.89. The second-order valence-electron chi connectivity index (χ2n) is 2.61. The fraction of sp³-hybridized carbons (Fsp3) is 0.875. The van der Waals surface area contributed by atoms with Gasteiger partial charge in [0.1, 0.15) is 0 Å². The first-order chi connectivity index (χ1) is 5.18. The smallest absolute Gasteiger partial charge is 0.232 e.